The summed E-state index contributed by atoms with van der Waals surface area (Å²) < 4.78 is 35.8. The third-order valence-electron chi connectivity index (χ3n) is 2.21. The highest BCUT2D eigenvalue weighted by atomic mass is 19.4. The lowest BCUT2D eigenvalue weighted by atomic mass is 10.1. The molecule has 0 bridgehead atoms. The van der Waals surface area contributed by atoms with Gasteiger partial charge in [0.15, 0.2) is 0 Å². The van der Waals surface area contributed by atoms with Gasteiger partial charge in [0.1, 0.15) is 0 Å². The molecule has 1 aromatic rings. The fourth-order valence-electron chi connectivity index (χ4n) is 1.27. The Morgan fingerprint density at radius 2 is 1.88 bits per heavy atom. The summed E-state index contributed by atoms with van der Waals surface area (Å²) in [4.78, 5) is 9.82. The van der Waals surface area contributed by atoms with E-state index >= 15 is 0 Å². The molecule has 0 amide bonds. The van der Waals surface area contributed by atoms with E-state index in [4.69, 9.17) is 0 Å². The number of nitro groups is 1. The van der Waals surface area contributed by atoms with Crippen molar-refractivity contribution in [3.8, 4) is 0 Å². The molecule has 0 saturated heterocycles. The van der Waals surface area contributed by atoms with E-state index in [0.717, 1.165) is 0 Å². The molecule has 0 aliphatic rings. The number of non-ortho nitro benzene ring substituents is 1. The van der Waals surface area contributed by atoms with Gasteiger partial charge in [-0.1, -0.05) is 12.1 Å². The van der Waals surface area contributed by atoms with E-state index in [1.165, 1.54) is 24.3 Å². The van der Waals surface area contributed by atoms with Crippen molar-refractivity contribution in [3.63, 3.8) is 0 Å². The summed E-state index contributed by atoms with van der Waals surface area (Å²) in [6.07, 6.45) is -4.27. The van der Waals surface area contributed by atoms with Crippen molar-refractivity contribution < 1.29 is 18.1 Å². The van der Waals surface area contributed by atoms with Crippen LogP contribution in [0.3, 0.4) is 0 Å². The Morgan fingerprint density at radius 3 is 2.29 bits per heavy atom. The first kappa shape index (κ1) is 13.4. The zero-order valence-corrected chi connectivity index (χ0v) is 8.99. The molecule has 7 heteroatoms. The van der Waals surface area contributed by atoms with Crippen LogP contribution in [0, 0.1) is 10.1 Å². The Kier molecular flexibility index (Phi) is 4.06. The highest BCUT2D eigenvalue weighted by Crippen LogP contribution is 2.19. The molecule has 1 aromatic carbocycles. The largest absolute Gasteiger partial charge is 0.401 e. The van der Waals surface area contributed by atoms with Gasteiger partial charge >= 0.3 is 6.18 Å². The Hall–Kier alpha value is -1.63. The zero-order chi connectivity index (χ0) is 13.1. The van der Waals surface area contributed by atoms with Gasteiger partial charge in [-0.15, -0.1) is 0 Å². The second-order valence-corrected chi connectivity index (χ2v) is 3.57. The first-order valence-corrected chi connectivity index (χ1v) is 4.84. The van der Waals surface area contributed by atoms with Crippen molar-refractivity contribution in [2.75, 3.05) is 6.54 Å². The molecule has 0 fully saturated rings. The Bertz CT molecular complexity index is 390. The van der Waals surface area contributed by atoms with E-state index in [2.05, 4.69) is 5.32 Å². The van der Waals surface area contributed by atoms with Gasteiger partial charge in [0.05, 0.1) is 11.5 Å². The van der Waals surface area contributed by atoms with Crippen LogP contribution < -0.4 is 5.32 Å². The highest BCUT2D eigenvalue weighted by molar-refractivity contribution is 5.33. The van der Waals surface area contributed by atoms with Crippen LogP contribution in [0.2, 0.25) is 0 Å². The second kappa shape index (κ2) is 5.13. The van der Waals surface area contributed by atoms with Crippen LogP contribution in [0.5, 0.6) is 0 Å². The molecule has 1 N–H and O–H groups in total. The minimum absolute atomic E-state index is 0.0863. The molecular formula is C10H11F3N2O2. The van der Waals surface area contributed by atoms with Crippen LogP contribution in [-0.4, -0.2) is 17.6 Å². The quantitative estimate of drug-likeness (QED) is 0.658. The lowest BCUT2D eigenvalue weighted by molar-refractivity contribution is -0.384. The number of rotatable bonds is 4. The molecular weight excluding hydrogens is 237 g/mol. The van der Waals surface area contributed by atoms with Crippen molar-refractivity contribution in [2.24, 2.45) is 0 Å². The second-order valence-electron chi connectivity index (χ2n) is 3.57. The van der Waals surface area contributed by atoms with E-state index in [9.17, 15) is 23.3 Å². The van der Waals surface area contributed by atoms with E-state index in [0.29, 0.717) is 5.56 Å². The molecule has 1 rings (SSSR count). The smallest absolute Gasteiger partial charge is 0.302 e. The average Bonchev–Trinajstić information content (AvgIpc) is 2.25. The number of halogens is 3. The SMILES string of the molecule is CC(NCC(F)(F)F)c1ccc([N+](=O)[O-])cc1. The van der Waals surface area contributed by atoms with E-state index in [-0.39, 0.29) is 5.69 Å². The topological polar surface area (TPSA) is 55.2 Å². The van der Waals surface area contributed by atoms with Gasteiger partial charge in [0.25, 0.3) is 5.69 Å². The van der Waals surface area contributed by atoms with Crippen LogP contribution in [0.4, 0.5) is 18.9 Å². The summed E-state index contributed by atoms with van der Waals surface area (Å²) in [5, 5.41) is 12.7. The highest BCUT2D eigenvalue weighted by Gasteiger charge is 2.27. The first-order chi connectivity index (χ1) is 7.79. The van der Waals surface area contributed by atoms with Crippen molar-refractivity contribution >= 4 is 5.69 Å². The van der Waals surface area contributed by atoms with Crippen LogP contribution >= 0.6 is 0 Å². The summed E-state index contributed by atoms with van der Waals surface area (Å²) in [6, 6.07) is 4.89. The van der Waals surface area contributed by atoms with Gasteiger partial charge in [-0.3, -0.25) is 10.1 Å². The molecule has 4 nitrogen and oxygen atoms in total. The molecule has 17 heavy (non-hydrogen) atoms. The molecule has 0 spiro atoms. The van der Waals surface area contributed by atoms with Crippen LogP contribution in [-0.2, 0) is 0 Å². The van der Waals surface area contributed by atoms with Crippen LogP contribution in [0.1, 0.15) is 18.5 Å². The number of hydrogen-bond acceptors (Lipinski definition) is 3. The number of nitrogens with zero attached hydrogens (tertiary/aromatic N) is 1. The average molecular weight is 248 g/mol. The molecule has 0 aliphatic carbocycles. The molecule has 0 aliphatic heterocycles. The van der Waals surface area contributed by atoms with Gasteiger partial charge < -0.3 is 5.32 Å². The minimum atomic E-state index is -4.27. The molecule has 1 unspecified atom stereocenters. The van der Waals surface area contributed by atoms with E-state index < -0.39 is 23.7 Å². The number of nitro benzene ring substituents is 1. The number of nitrogens with one attached hydrogen (secondary N) is 1. The lowest BCUT2D eigenvalue weighted by Crippen LogP contribution is -2.30. The van der Waals surface area contributed by atoms with Crippen molar-refractivity contribution in [3.05, 3.63) is 39.9 Å². The maximum Gasteiger partial charge on any atom is 0.401 e. The predicted molar refractivity (Wildman–Crippen MR) is 55.6 cm³/mol. The zero-order valence-electron chi connectivity index (χ0n) is 8.99. The van der Waals surface area contributed by atoms with Crippen LogP contribution in [0.25, 0.3) is 0 Å². The fourth-order valence-corrected chi connectivity index (χ4v) is 1.27. The normalized spacial score (nSPS) is 13.4. The Morgan fingerprint density at radius 1 is 1.35 bits per heavy atom. The lowest BCUT2D eigenvalue weighted by Gasteiger charge is -2.15. The Balaban J connectivity index is 2.63. The van der Waals surface area contributed by atoms with Crippen LogP contribution in [0.15, 0.2) is 24.3 Å². The van der Waals surface area contributed by atoms with Gasteiger partial charge in [-0.2, -0.15) is 13.2 Å². The van der Waals surface area contributed by atoms with Crippen molar-refractivity contribution in [2.45, 2.75) is 19.1 Å². The Labute approximate surface area is 95.6 Å². The molecule has 0 saturated carbocycles. The molecule has 94 valence electrons. The van der Waals surface area contributed by atoms with Crippen molar-refractivity contribution in [1.82, 2.24) is 5.32 Å². The summed E-state index contributed by atoms with van der Waals surface area (Å²) in [6.45, 7) is 0.470. The van der Waals surface area contributed by atoms with Gasteiger partial charge in [0, 0.05) is 18.2 Å². The van der Waals surface area contributed by atoms with Gasteiger partial charge in [0.2, 0.25) is 0 Å². The fraction of sp³-hybridized carbons (Fsp3) is 0.400. The summed E-state index contributed by atoms with van der Waals surface area (Å²) in [5.41, 5.74) is 0.483. The van der Waals surface area contributed by atoms with E-state index in [1.807, 2.05) is 0 Å². The molecule has 1 atom stereocenters. The van der Waals surface area contributed by atoms with Crippen molar-refractivity contribution in [1.29, 1.82) is 0 Å². The van der Waals surface area contributed by atoms with Gasteiger partial charge in [-0.05, 0) is 12.5 Å². The molecule has 0 aromatic heterocycles. The number of benzene rings is 1. The molecule has 0 radical (unpaired) electrons. The number of hydrogen-bond donors (Lipinski definition) is 1. The number of alkyl halides is 3. The summed E-state index contributed by atoms with van der Waals surface area (Å²) in [5.74, 6) is 0. The summed E-state index contributed by atoms with van der Waals surface area (Å²) in [7, 11) is 0. The third kappa shape index (κ3) is 4.39. The standard InChI is InChI=1S/C10H11F3N2O2/c1-7(14-6-10(11,12)13)8-2-4-9(5-3-8)15(16)17/h2-5,7,14H,6H2,1H3. The first-order valence-electron chi connectivity index (χ1n) is 4.84. The predicted octanol–water partition coefficient (Wildman–Crippen LogP) is 2.81. The maximum atomic E-state index is 11.9. The third-order valence-corrected chi connectivity index (χ3v) is 2.21. The summed E-state index contributed by atoms with van der Waals surface area (Å²) >= 11 is 0. The monoisotopic (exact) mass is 248 g/mol. The van der Waals surface area contributed by atoms with Gasteiger partial charge in [-0.25, -0.2) is 0 Å². The molecule has 0 heterocycles. The van der Waals surface area contributed by atoms with E-state index in [1.54, 1.807) is 6.92 Å². The maximum absolute atomic E-state index is 11.9. The minimum Gasteiger partial charge on any atom is -0.302 e.